The van der Waals surface area contributed by atoms with Gasteiger partial charge >= 0.3 is 0 Å². The van der Waals surface area contributed by atoms with Crippen LogP contribution in [0.2, 0.25) is 0 Å². The van der Waals surface area contributed by atoms with Crippen molar-refractivity contribution in [3.8, 4) is 11.3 Å². The van der Waals surface area contributed by atoms with Crippen LogP contribution in [0.3, 0.4) is 0 Å². The largest absolute Gasteiger partial charge is 0.350 e. The van der Waals surface area contributed by atoms with E-state index in [0.717, 1.165) is 21.6 Å². The van der Waals surface area contributed by atoms with E-state index in [1.807, 2.05) is 42.1 Å². The quantitative estimate of drug-likeness (QED) is 0.721. The van der Waals surface area contributed by atoms with Crippen LogP contribution in [-0.4, -0.2) is 32.2 Å². The van der Waals surface area contributed by atoms with Gasteiger partial charge in [0, 0.05) is 42.4 Å². The van der Waals surface area contributed by atoms with Gasteiger partial charge in [-0.2, -0.15) is 5.10 Å². The fourth-order valence-electron chi connectivity index (χ4n) is 2.23. The zero-order valence-corrected chi connectivity index (χ0v) is 14.2. The second-order valence-corrected chi connectivity index (χ2v) is 6.05. The normalized spacial score (nSPS) is 10.7. The van der Waals surface area contributed by atoms with Crippen LogP contribution in [0.1, 0.15) is 16.3 Å². The van der Waals surface area contributed by atoms with Crippen LogP contribution in [0.25, 0.3) is 11.3 Å². The van der Waals surface area contributed by atoms with Gasteiger partial charge in [0.15, 0.2) is 0 Å². The first-order valence-corrected chi connectivity index (χ1v) is 7.98. The Bertz CT molecular complexity index is 806. The first-order chi connectivity index (χ1) is 11.1. The Morgan fingerprint density at radius 1 is 1.35 bits per heavy atom. The highest BCUT2D eigenvalue weighted by Crippen LogP contribution is 2.20. The molecule has 0 aliphatic carbocycles. The molecule has 1 amide bonds. The molecule has 7 heteroatoms. The number of aromatic nitrogens is 4. The molecule has 2 heterocycles. The molecule has 1 aromatic carbocycles. The summed E-state index contributed by atoms with van der Waals surface area (Å²) in [4.78, 5) is 16.4. The number of H-pyrrole nitrogens is 1. The summed E-state index contributed by atoms with van der Waals surface area (Å²) < 4.78 is 2.94. The minimum Gasteiger partial charge on any atom is -0.350 e. The number of hydrogen-bond donors (Lipinski definition) is 2. The lowest BCUT2D eigenvalue weighted by Crippen LogP contribution is -2.26. The summed E-state index contributed by atoms with van der Waals surface area (Å²) in [5.41, 5.74) is 2.14. The van der Waals surface area contributed by atoms with Crippen LogP contribution >= 0.6 is 15.9 Å². The Morgan fingerprint density at radius 3 is 2.83 bits per heavy atom. The first-order valence-electron chi connectivity index (χ1n) is 7.19. The number of imidazole rings is 1. The molecule has 0 atom stereocenters. The molecular formula is C16H16BrN5O. The zero-order valence-electron chi connectivity index (χ0n) is 12.6. The van der Waals surface area contributed by atoms with Gasteiger partial charge in [0.2, 0.25) is 0 Å². The van der Waals surface area contributed by atoms with E-state index in [2.05, 4.69) is 36.4 Å². The molecule has 3 rings (SSSR count). The molecule has 0 aliphatic rings. The van der Waals surface area contributed by atoms with Crippen LogP contribution in [-0.2, 0) is 13.5 Å². The van der Waals surface area contributed by atoms with Crippen molar-refractivity contribution in [2.24, 2.45) is 7.05 Å². The third kappa shape index (κ3) is 3.68. The third-order valence-electron chi connectivity index (χ3n) is 3.52. The molecule has 23 heavy (non-hydrogen) atoms. The standard InChI is InChI=1S/C16H16BrN5O/c1-22-9-8-18-15(22)6-7-19-16(23)14-10-13(20-21-14)11-2-4-12(17)5-3-11/h2-5,8-10H,6-7H2,1H3,(H,19,23)(H,20,21). The molecule has 0 saturated carbocycles. The van der Waals surface area contributed by atoms with Crippen LogP contribution < -0.4 is 5.32 Å². The van der Waals surface area contributed by atoms with Crippen molar-refractivity contribution in [2.45, 2.75) is 6.42 Å². The minimum absolute atomic E-state index is 0.171. The molecule has 6 nitrogen and oxygen atoms in total. The molecule has 0 radical (unpaired) electrons. The number of rotatable bonds is 5. The summed E-state index contributed by atoms with van der Waals surface area (Å²) in [6.07, 6.45) is 4.32. The number of nitrogens with one attached hydrogen (secondary N) is 2. The number of aryl methyl sites for hydroxylation is 1. The highest BCUT2D eigenvalue weighted by molar-refractivity contribution is 9.10. The van der Waals surface area contributed by atoms with Gasteiger partial charge in [0.25, 0.3) is 5.91 Å². The van der Waals surface area contributed by atoms with E-state index in [4.69, 9.17) is 0 Å². The lowest BCUT2D eigenvalue weighted by Gasteiger charge is -2.03. The van der Waals surface area contributed by atoms with Gasteiger partial charge in [-0.25, -0.2) is 4.98 Å². The van der Waals surface area contributed by atoms with Crippen LogP contribution in [0, 0.1) is 0 Å². The van der Waals surface area contributed by atoms with Crippen molar-refractivity contribution in [1.29, 1.82) is 0 Å². The van der Waals surface area contributed by atoms with Crippen molar-refractivity contribution in [3.05, 3.63) is 58.7 Å². The second kappa shape index (κ2) is 6.78. The monoisotopic (exact) mass is 373 g/mol. The summed E-state index contributed by atoms with van der Waals surface area (Å²) in [6, 6.07) is 9.53. The fraction of sp³-hybridized carbons (Fsp3) is 0.188. The molecule has 0 bridgehead atoms. The molecule has 0 fully saturated rings. The number of amides is 1. The Kier molecular flexibility index (Phi) is 4.57. The lowest BCUT2D eigenvalue weighted by molar-refractivity contribution is 0.0949. The van der Waals surface area contributed by atoms with Crippen molar-refractivity contribution >= 4 is 21.8 Å². The van der Waals surface area contributed by atoms with E-state index in [1.54, 1.807) is 12.3 Å². The summed E-state index contributed by atoms with van der Waals surface area (Å²) in [6.45, 7) is 0.524. The Balaban J connectivity index is 1.60. The van der Waals surface area contributed by atoms with Crippen molar-refractivity contribution < 1.29 is 4.79 Å². The Morgan fingerprint density at radius 2 is 2.13 bits per heavy atom. The highest BCUT2D eigenvalue weighted by Gasteiger charge is 2.11. The Hall–Kier alpha value is -2.41. The predicted molar refractivity (Wildman–Crippen MR) is 91.0 cm³/mol. The molecule has 118 valence electrons. The van der Waals surface area contributed by atoms with Gasteiger partial charge in [0.05, 0.1) is 5.69 Å². The maximum Gasteiger partial charge on any atom is 0.269 e. The van der Waals surface area contributed by atoms with Gasteiger partial charge < -0.3 is 9.88 Å². The number of nitrogens with zero attached hydrogens (tertiary/aromatic N) is 3. The fourth-order valence-corrected chi connectivity index (χ4v) is 2.49. The van der Waals surface area contributed by atoms with Gasteiger partial charge in [-0.3, -0.25) is 9.89 Å². The van der Waals surface area contributed by atoms with Crippen LogP contribution in [0.4, 0.5) is 0 Å². The summed E-state index contributed by atoms with van der Waals surface area (Å²) in [5.74, 6) is 0.764. The molecule has 2 N–H and O–H groups in total. The van der Waals surface area contributed by atoms with Gasteiger partial charge in [0.1, 0.15) is 11.5 Å². The SMILES string of the molecule is Cn1ccnc1CCNC(=O)c1cc(-c2ccc(Br)cc2)n[nH]1. The van der Waals surface area contributed by atoms with Crippen LogP contribution in [0.15, 0.2) is 47.2 Å². The number of hydrogen-bond acceptors (Lipinski definition) is 3. The average molecular weight is 374 g/mol. The molecule has 0 saturated heterocycles. The van der Waals surface area contributed by atoms with Gasteiger partial charge in [-0.1, -0.05) is 28.1 Å². The summed E-state index contributed by atoms with van der Waals surface area (Å²) in [7, 11) is 1.93. The molecule has 0 spiro atoms. The summed E-state index contributed by atoms with van der Waals surface area (Å²) >= 11 is 3.40. The first kappa shape index (κ1) is 15.5. The topological polar surface area (TPSA) is 75.6 Å². The van der Waals surface area contributed by atoms with Gasteiger partial charge in [-0.05, 0) is 18.2 Å². The molecule has 2 aromatic heterocycles. The van der Waals surface area contributed by atoms with Crippen molar-refractivity contribution in [3.63, 3.8) is 0 Å². The molecule has 0 aliphatic heterocycles. The van der Waals surface area contributed by atoms with Gasteiger partial charge in [-0.15, -0.1) is 0 Å². The smallest absolute Gasteiger partial charge is 0.269 e. The highest BCUT2D eigenvalue weighted by atomic mass is 79.9. The van der Waals surface area contributed by atoms with E-state index in [-0.39, 0.29) is 5.91 Å². The van der Waals surface area contributed by atoms with Crippen LogP contribution in [0.5, 0.6) is 0 Å². The number of benzene rings is 1. The number of carbonyl (C=O) groups is 1. The van der Waals surface area contributed by atoms with E-state index in [9.17, 15) is 4.79 Å². The maximum atomic E-state index is 12.1. The average Bonchev–Trinajstić information content (AvgIpc) is 3.18. The maximum absolute atomic E-state index is 12.1. The second-order valence-electron chi connectivity index (χ2n) is 5.13. The molecule has 0 unspecified atom stereocenters. The Labute approximate surface area is 142 Å². The molecular weight excluding hydrogens is 358 g/mol. The number of aromatic amines is 1. The van der Waals surface area contributed by atoms with E-state index in [1.165, 1.54) is 0 Å². The number of carbonyl (C=O) groups excluding carboxylic acids is 1. The van der Waals surface area contributed by atoms with E-state index >= 15 is 0 Å². The third-order valence-corrected chi connectivity index (χ3v) is 4.05. The zero-order chi connectivity index (χ0) is 16.2. The van der Waals surface area contributed by atoms with E-state index in [0.29, 0.717) is 18.7 Å². The summed E-state index contributed by atoms with van der Waals surface area (Å²) in [5, 5.41) is 9.84. The van der Waals surface area contributed by atoms with Crippen molar-refractivity contribution in [1.82, 2.24) is 25.1 Å². The predicted octanol–water partition coefficient (Wildman–Crippen LogP) is 2.55. The lowest BCUT2D eigenvalue weighted by atomic mass is 10.1. The minimum atomic E-state index is -0.171. The number of halogens is 1. The van der Waals surface area contributed by atoms with Crippen molar-refractivity contribution in [2.75, 3.05) is 6.54 Å². The van der Waals surface area contributed by atoms with E-state index < -0.39 is 0 Å². The molecule has 3 aromatic rings.